The van der Waals surface area contributed by atoms with E-state index in [1.54, 1.807) is 6.07 Å². The van der Waals surface area contributed by atoms with Crippen molar-refractivity contribution in [3.8, 4) is 0 Å². The number of benzene rings is 1. The van der Waals surface area contributed by atoms with Crippen LogP contribution in [-0.2, 0) is 11.3 Å². The van der Waals surface area contributed by atoms with E-state index in [0.29, 0.717) is 11.1 Å². The summed E-state index contributed by atoms with van der Waals surface area (Å²) in [5.74, 6) is -0.668. The van der Waals surface area contributed by atoms with E-state index in [0.717, 1.165) is 25.7 Å². The largest absolute Gasteiger partial charge is 0.409 e. The fourth-order valence-corrected chi connectivity index (χ4v) is 2.68. The molecule has 1 aromatic rings. The van der Waals surface area contributed by atoms with Crippen LogP contribution in [-0.4, -0.2) is 17.0 Å². The van der Waals surface area contributed by atoms with Gasteiger partial charge in [0.1, 0.15) is 5.82 Å². The average molecular weight is 293 g/mol. The maximum absolute atomic E-state index is 13.9. The van der Waals surface area contributed by atoms with Crippen molar-refractivity contribution < 1.29 is 14.4 Å². The van der Waals surface area contributed by atoms with Gasteiger partial charge in [0, 0.05) is 23.1 Å². The Hall–Kier alpha value is -2.11. The van der Waals surface area contributed by atoms with E-state index in [4.69, 9.17) is 10.9 Å². The summed E-state index contributed by atoms with van der Waals surface area (Å²) in [6, 6.07) is 4.27. The van der Waals surface area contributed by atoms with Crippen LogP contribution in [0.3, 0.4) is 0 Å². The molecule has 5 nitrogen and oxygen atoms in total. The third-order valence-electron chi connectivity index (χ3n) is 4.15. The van der Waals surface area contributed by atoms with Gasteiger partial charge in [-0.2, -0.15) is 0 Å². The predicted octanol–water partition coefficient (Wildman–Crippen LogP) is 2.12. The van der Waals surface area contributed by atoms with E-state index in [1.165, 1.54) is 12.1 Å². The van der Waals surface area contributed by atoms with Crippen molar-refractivity contribution >= 4 is 11.7 Å². The first-order valence-electron chi connectivity index (χ1n) is 7.01. The summed E-state index contributed by atoms with van der Waals surface area (Å²) in [6.07, 6.45) is 3.88. The number of oxime groups is 1. The number of carbonyl (C=O) groups is 1. The van der Waals surface area contributed by atoms with Crippen LogP contribution in [0.1, 0.15) is 43.7 Å². The molecule has 0 unspecified atom stereocenters. The number of amides is 1. The first kappa shape index (κ1) is 15.3. The molecular formula is C15H20FN3O2. The topological polar surface area (TPSA) is 87.7 Å². The minimum Gasteiger partial charge on any atom is -0.409 e. The zero-order valence-electron chi connectivity index (χ0n) is 12.0. The second-order valence-electron chi connectivity index (χ2n) is 5.74. The fourth-order valence-electron chi connectivity index (χ4n) is 2.68. The van der Waals surface area contributed by atoms with Crippen LogP contribution in [0.5, 0.6) is 0 Å². The third kappa shape index (κ3) is 3.32. The zero-order valence-corrected chi connectivity index (χ0v) is 12.0. The second kappa shape index (κ2) is 6.11. The molecule has 1 aromatic carbocycles. The highest BCUT2D eigenvalue weighted by molar-refractivity contribution is 5.97. The lowest BCUT2D eigenvalue weighted by Crippen LogP contribution is -2.36. The van der Waals surface area contributed by atoms with E-state index in [-0.39, 0.29) is 23.7 Å². The monoisotopic (exact) mass is 293 g/mol. The van der Waals surface area contributed by atoms with Crippen molar-refractivity contribution in [3.63, 3.8) is 0 Å². The van der Waals surface area contributed by atoms with E-state index in [9.17, 15) is 9.18 Å². The van der Waals surface area contributed by atoms with E-state index >= 15 is 0 Å². The number of carbonyl (C=O) groups excluding carboxylic acids is 1. The van der Waals surface area contributed by atoms with Crippen LogP contribution in [0.2, 0.25) is 0 Å². The summed E-state index contributed by atoms with van der Waals surface area (Å²) >= 11 is 0. The molecule has 1 aliphatic rings. The van der Waals surface area contributed by atoms with Crippen LogP contribution in [0.25, 0.3) is 0 Å². The van der Waals surface area contributed by atoms with Crippen molar-refractivity contribution in [3.05, 3.63) is 35.1 Å². The Morgan fingerprint density at radius 1 is 1.48 bits per heavy atom. The summed E-state index contributed by atoms with van der Waals surface area (Å²) in [6.45, 7) is 2.09. The number of nitrogens with zero attached hydrogens (tertiary/aromatic N) is 1. The molecule has 114 valence electrons. The molecule has 2 rings (SSSR count). The quantitative estimate of drug-likeness (QED) is 0.344. The molecule has 1 saturated carbocycles. The summed E-state index contributed by atoms with van der Waals surface area (Å²) in [4.78, 5) is 12.2. The normalized spacial score (nSPS) is 17.7. The van der Waals surface area contributed by atoms with Gasteiger partial charge in [-0.05, 0) is 18.9 Å². The van der Waals surface area contributed by atoms with Crippen molar-refractivity contribution in [1.82, 2.24) is 5.32 Å². The number of hydrogen-bond donors (Lipinski definition) is 3. The van der Waals surface area contributed by atoms with Gasteiger partial charge in [0.2, 0.25) is 5.91 Å². The van der Waals surface area contributed by atoms with Crippen molar-refractivity contribution in [2.75, 3.05) is 0 Å². The smallest absolute Gasteiger partial charge is 0.226 e. The van der Waals surface area contributed by atoms with Crippen molar-refractivity contribution in [2.45, 2.75) is 39.2 Å². The summed E-state index contributed by atoms with van der Waals surface area (Å²) in [5.41, 5.74) is 5.74. The average Bonchev–Trinajstić information content (AvgIpc) is 2.93. The number of halogens is 1. The van der Waals surface area contributed by atoms with Gasteiger partial charge >= 0.3 is 0 Å². The maximum atomic E-state index is 13.9. The summed E-state index contributed by atoms with van der Waals surface area (Å²) in [7, 11) is 0. The number of rotatable bonds is 4. The van der Waals surface area contributed by atoms with Crippen LogP contribution in [0.15, 0.2) is 23.4 Å². The molecule has 0 heterocycles. The Balaban J connectivity index is 2.02. The fraction of sp³-hybridized carbons (Fsp3) is 0.467. The molecule has 1 amide bonds. The minimum atomic E-state index is -0.490. The molecule has 4 N–H and O–H groups in total. The minimum absolute atomic E-state index is 0.0279. The lowest BCUT2D eigenvalue weighted by molar-refractivity contribution is -0.130. The van der Waals surface area contributed by atoms with E-state index < -0.39 is 5.82 Å². The van der Waals surface area contributed by atoms with Crippen LogP contribution >= 0.6 is 0 Å². The lowest BCUT2D eigenvalue weighted by atomic mass is 9.88. The number of hydrogen-bond acceptors (Lipinski definition) is 3. The molecule has 21 heavy (non-hydrogen) atoms. The SMILES string of the molecule is CC1(C(=O)NCc2ccc(/C(N)=N/O)cc2F)CCCC1. The van der Waals surface area contributed by atoms with Crippen molar-refractivity contribution in [2.24, 2.45) is 16.3 Å². The lowest BCUT2D eigenvalue weighted by Gasteiger charge is -2.22. The van der Waals surface area contributed by atoms with Gasteiger partial charge in [0.15, 0.2) is 5.84 Å². The van der Waals surface area contributed by atoms with Gasteiger partial charge in [0.05, 0.1) is 0 Å². The van der Waals surface area contributed by atoms with Crippen molar-refractivity contribution in [1.29, 1.82) is 0 Å². The standard InChI is InChI=1S/C15H20FN3O2/c1-15(6-2-3-7-15)14(20)18-9-11-5-4-10(8-12(11)16)13(17)19-21/h4-5,8,21H,2-3,6-7,9H2,1H3,(H2,17,19)(H,18,20). The van der Waals surface area contributed by atoms with Crippen LogP contribution < -0.4 is 11.1 Å². The van der Waals surface area contributed by atoms with Gasteiger partial charge in [0.25, 0.3) is 0 Å². The summed E-state index contributed by atoms with van der Waals surface area (Å²) < 4.78 is 13.9. The zero-order chi connectivity index (χ0) is 15.5. The molecule has 0 radical (unpaired) electrons. The molecule has 0 bridgehead atoms. The first-order valence-corrected chi connectivity index (χ1v) is 7.01. The Bertz CT molecular complexity index is 566. The van der Waals surface area contributed by atoms with Gasteiger partial charge in [-0.3, -0.25) is 4.79 Å². The predicted molar refractivity (Wildman–Crippen MR) is 77.3 cm³/mol. The Labute approximate surface area is 123 Å². The first-order chi connectivity index (χ1) is 9.96. The molecule has 0 atom stereocenters. The molecule has 1 aliphatic carbocycles. The maximum Gasteiger partial charge on any atom is 0.226 e. The third-order valence-corrected chi connectivity index (χ3v) is 4.15. The van der Waals surface area contributed by atoms with Crippen LogP contribution in [0.4, 0.5) is 4.39 Å². The Morgan fingerprint density at radius 2 is 2.14 bits per heavy atom. The van der Waals surface area contributed by atoms with Gasteiger partial charge in [-0.1, -0.05) is 37.1 Å². The molecule has 6 heteroatoms. The molecule has 0 spiro atoms. The highest BCUT2D eigenvalue weighted by Gasteiger charge is 2.35. The molecular weight excluding hydrogens is 273 g/mol. The van der Waals surface area contributed by atoms with E-state index in [2.05, 4.69) is 10.5 Å². The Morgan fingerprint density at radius 3 is 2.71 bits per heavy atom. The molecule has 0 saturated heterocycles. The van der Waals surface area contributed by atoms with Gasteiger partial charge in [-0.15, -0.1) is 0 Å². The van der Waals surface area contributed by atoms with Crippen LogP contribution in [0, 0.1) is 11.2 Å². The molecule has 0 aliphatic heterocycles. The molecule has 1 fully saturated rings. The summed E-state index contributed by atoms with van der Waals surface area (Å²) in [5, 5.41) is 14.2. The van der Waals surface area contributed by atoms with E-state index in [1.807, 2.05) is 6.92 Å². The van der Waals surface area contributed by atoms with Gasteiger partial charge in [-0.25, -0.2) is 4.39 Å². The molecule has 0 aromatic heterocycles. The number of nitrogens with one attached hydrogen (secondary N) is 1. The number of amidine groups is 1. The second-order valence-corrected chi connectivity index (χ2v) is 5.74. The number of nitrogens with two attached hydrogens (primary N) is 1. The highest BCUT2D eigenvalue weighted by atomic mass is 19.1. The highest BCUT2D eigenvalue weighted by Crippen LogP contribution is 2.37. The Kier molecular flexibility index (Phi) is 4.45. The van der Waals surface area contributed by atoms with Gasteiger partial charge < -0.3 is 16.3 Å².